The van der Waals surface area contributed by atoms with Crippen molar-refractivity contribution in [2.24, 2.45) is 0 Å². The molecule has 132 valence electrons. The average Bonchev–Trinajstić information content (AvgIpc) is 3.33. The largest absolute Gasteiger partial charge is 0.497 e. The van der Waals surface area contributed by atoms with Crippen LogP contribution in [0.3, 0.4) is 0 Å². The number of methoxy groups -OCH3 is 1. The fourth-order valence-electron chi connectivity index (χ4n) is 2.94. The summed E-state index contributed by atoms with van der Waals surface area (Å²) in [6.07, 6.45) is 3.11. The highest BCUT2D eigenvalue weighted by molar-refractivity contribution is 5.75. The van der Waals surface area contributed by atoms with Crippen molar-refractivity contribution in [1.29, 1.82) is 0 Å². The van der Waals surface area contributed by atoms with E-state index in [-0.39, 0.29) is 11.9 Å². The van der Waals surface area contributed by atoms with Gasteiger partial charge >= 0.3 is 6.03 Å². The van der Waals surface area contributed by atoms with Gasteiger partial charge in [0.2, 0.25) is 5.89 Å². The van der Waals surface area contributed by atoms with Crippen LogP contribution in [0.15, 0.2) is 28.8 Å². The quantitative estimate of drug-likeness (QED) is 0.871. The molecule has 1 aromatic carbocycles. The van der Waals surface area contributed by atoms with Crippen LogP contribution in [0.25, 0.3) is 0 Å². The highest BCUT2D eigenvalue weighted by Gasteiger charge is 2.37. The molecule has 0 bridgehead atoms. The van der Waals surface area contributed by atoms with Gasteiger partial charge in [0, 0.05) is 25.6 Å². The van der Waals surface area contributed by atoms with Crippen molar-refractivity contribution in [1.82, 2.24) is 20.4 Å². The number of carbonyl (C=O) groups is 1. The van der Waals surface area contributed by atoms with Crippen LogP contribution in [0.1, 0.15) is 42.0 Å². The standard InChI is InChI=1S/C18H22N4O3/c1-24-15-6-2-12(3-7-15)8-9-19-18(23)22-10-14(11-22)17-20-16(21-25-17)13-4-5-13/h2-3,6-7,13-14H,4-5,8-11H2,1H3,(H,19,23). The molecule has 1 saturated carbocycles. The van der Waals surface area contributed by atoms with Crippen LogP contribution in [-0.2, 0) is 6.42 Å². The Kier molecular flexibility index (Phi) is 4.29. The molecule has 2 fully saturated rings. The van der Waals surface area contributed by atoms with Gasteiger partial charge in [-0.15, -0.1) is 0 Å². The number of benzene rings is 1. The van der Waals surface area contributed by atoms with Gasteiger partial charge in [-0.3, -0.25) is 0 Å². The Morgan fingerprint density at radius 2 is 2.04 bits per heavy atom. The number of hydrogen-bond acceptors (Lipinski definition) is 5. The van der Waals surface area contributed by atoms with E-state index >= 15 is 0 Å². The molecule has 2 aliphatic rings. The number of amides is 2. The molecular weight excluding hydrogens is 320 g/mol. The fourth-order valence-corrected chi connectivity index (χ4v) is 2.94. The Morgan fingerprint density at radius 1 is 1.28 bits per heavy atom. The third-order valence-corrected chi connectivity index (χ3v) is 4.77. The van der Waals surface area contributed by atoms with Gasteiger partial charge in [0.1, 0.15) is 5.75 Å². The number of ether oxygens (including phenoxy) is 1. The van der Waals surface area contributed by atoms with E-state index in [9.17, 15) is 4.79 Å². The highest BCUT2D eigenvalue weighted by atomic mass is 16.5. The number of urea groups is 1. The number of likely N-dealkylation sites (tertiary alicyclic amines) is 1. The van der Waals surface area contributed by atoms with Gasteiger partial charge in [0.25, 0.3) is 0 Å². The molecule has 4 rings (SSSR count). The first-order chi connectivity index (χ1) is 12.2. The lowest BCUT2D eigenvalue weighted by molar-refractivity contribution is 0.137. The van der Waals surface area contributed by atoms with E-state index in [1.807, 2.05) is 24.3 Å². The molecule has 1 aromatic heterocycles. The van der Waals surface area contributed by atoms with Gasteiger partial charge in [0.05, 0.1) is 13.0 Å². The summed E-state index contributed by atoms with van der Waals surface area (Å²) in [5.74, 6) is 3.01. The number of nitrogens with one attached hydrogen (secondary N) is 1. The first-order valence-electron chi connectivity index (χ1n) is 8.72. The molecule has 0 unspecified atom stereocenters. The molecule has 0 radical (unpaired) electrons. The van der Waals surface area contributed by atoms with Crippen molar-refractivity contribution < 1.29 is 14.1 Å². The van der Waals surface area contributed by atoms with E-state index in [4.69, 9.17) is 9.26 Å². The van der Waals surface area contributed by atoms with E-state index in [1.165, 1.54) is 5.56 Å². The van der Waals surface area contributed by atoms with Crippen LogP contribution in [-0.4, -0.2) is 47.8 Å². The zero-order valence-electron chi connectivity index (χ0n) is 14.3. The molecule has 1 aliphatic carbocycles. The maximum absolute atomic E-state index is 12.1. The maximum atomic E-state index is 12.1. The monoisotopic (exact) mass is 342 g/mol. The molecule has 1 saturated heterocycles. The molecule has 0 spiro atoms. The van der Waals surface area contributed by atoms with E-state index < -0.39 is 0 Å². The van der Waals surface area contributed by atoms with Crippen molar-refractivity contribution in [2.75, 3.05) is 26.7 Å². The van der Waals surface area contributed by atoms with Gasteiger partial charge in [-0.05, 0) is 37.0 Å². The summed E-state index contributed by atoms with van der Waals surface area (Å²) in [6, 6.07) is 7.84. The molecule has 7 heteroatoms. The number of aromatic nitrogens is 2. The summed E-state index contributed by atoms with van der Waals surface area (Å²) in [7, 11) is 1.65. The minimum Gasteiger partial charge on any atom is -0.497 e. The van der Waals surface area contributed by atoms with Gasteiger partial charge < -0.3 is 19.5 Å². The zero-order chi connectivity index (χ0) is 17.2. The number of rotatable bonds is 6. The number of carbonyl (C=O) groups excluding carboxylic acids is 1. The smallest absolute Gasteiger partial charge is 0.317 e. The van der Waals surface area contributed by atoms with Crippen molar-refractivity contribution in [3.05, 3.63) is 41.5 Å². The van der Waals surface area contributed by atoms with Crippen molar-refractivity contribution in [2.45, 2.75) is 31.1 Å². The molecule has 0 atom stereocenters. The van der Waals surface area contributed by atoms with Gasteiger partial charge in [-0.2, -0.15) is 4.98 Å². The van der Waals surface area contributed by atoms with Crippen molar-refractivity contribution >= 4 is 6.03 Å². The van der Waals surface area contributed by atoms with E-state index in [0.29, 0.717) is 31.4 Å². The summed E-state index contributed by atoms with van der Waals surface area (Å²) in [5, 5.41) is 6.99. The Balaban J connectivity index is 1.19. The van der Waals surface area contributed by atoms with Crippen LogP contribution in [0, 0.1) is 0 Å². The number of hydrogen-bond donors (Lipinski definition) is 1. The van der Waals surface area contributed by atoms with Crippen molar-refractivity contribution in [3.8, 4) is 5.75 Å². The Hall–Kier alpha value is -2.57. The molecule has 1 N–H and O–H groups in total. The summed E-state index contributed by atoms with van der Waals surface area (Å²) >= 11 is 0. The predicted molar refractivity (Wildman–Crippen MR) is 90.7 cm³/mol. The second-order valence-corrected chi connectivity index (χ2v) is 6.70. The minimum atomic E-state index is -0.0355. The Labute approximate surface area is 146 Å². The summed E-state index contributed by atoms with van der Waals surface area (Å²) in [5.41, 5.74) is 1.17. The molecule has 2 amide bonds. The average molecular weight is 342 g/mol. The second-order valence-electron chi connectivity index (χ2n) is 6.70. The third kappa shape index (κ3) is 3.60. The molecule has 1 aliphatic heterocycles. The van der Waals surface area contributed by atoms with Crippen molar-refractivity contribution in [3.63, 3.8) is 0 Å². The van der Waals surface area contributed by atoms with Crippen LogP contribution < -0.4 is 10.1 Å². The van der Waals surface area contributed by atoms with E-state index in [1.54, 1.807) is 12.0 Å². The molecular formula is C18H22N4O3. The topological polar surface area (TPSA) is 80.5 Å². The molecule has 7 nitrogen and oxygen atoms in total. The van der Waals surface area contributed by atoms with Crippen LogP contribution in [0.4, 0.5) is 4.79 Å². The van der Waals surface area contributed by atoms with E-state index in [2.05, 4.69) is 15.5 Å². The number of nitrogens with zero attached hydrogens (tertiary/aromatic N) is 3. The summed E-state index contributed by atoms with van der Waals surface area (Å²) < 4.78 is 10.5. The Morgan fingerprint density at radius 3 is 2.72 bits per heavy atom. The summed E-state index contributed by atoms with van der Waals surface area (Å²) in [6.45, 7) is 1.89. The SMILES string of the molecule is COc1ccc(CCNC(=O)N2CC(c3nc(C4CC4)no3)C2)cc1. The van der Waals surface area contributed by atoms with Gasteiger partial charge in [-0.25, -0.2) is 4.79 Å². The molecule has 2 aromatic rings. The highest BCUT2D eigenvalue weighted by Crippen LogP contribution is 2.39. The second kappa shape index (κ2) is 6.74. The molecule has 25 heavy (non-hydrogen) atoms. The maximum Gasteiger partial charge on any atom is 0.317 e. The van der Waals surface area contributed by atoms with Crippen LogP contribution in [0.2, 0.25) is 0 Å². The Bertz CT molecular complexity index is 733. The third-order valence-electron chi connectivity index (χ3n) is 4.77. The predicted octanol–water partition coefficient (Wildman–Crippen LogP) is 2.31. The summed E-state index contributed by atoms with van der Waals surface area (Å²) in [4.78, 5) is 18.4. The first-order valence-corrected chi connectivity index (χ1v) is 8.72. The lowest BCUT2D eigenvalue weighted by Gasteiger charge is -2.36. The fraction of sp³-hybridized carbons (Fsp3) is 0.500. The lowest BCUT2D eigenvalue weighted by Crippen LogP contribution is -2.52. The van der Waals surface area contributed by atoms with Crippen LogP contribution in [0.5, 0.6) is 5.75 Å². The minimum absolute atomic E-state index is 0.0355. The lowest BCUT2D eigenvalue weighted by atomic mass is 10.0. The van der Waals surface area contributed by atoms with Crippen LogP contribution >= 0.6 is 0 Å². The van der Waals surface area contributed by atoms with Gasteiger partial charge in [0.15, 0.2) is 5.82 Å². The first kappa shape index (κ1) is 15.9. The van der Waals surface area contributed by atoms with E-state index in [0.717, 1.165) is 30.8 Å². The zero-order valence-corrected chi connectivity index (χ0v) is 14.3. The molecule has 2 heterocycles. The van der Waals surface area contributed by atoms with Gasteiger partial charge in [-0.1, -0.05) is 17.3 Å². The normalized spacial score (nSPS) is 17.2.